The van der Waals surface area contributed by atoms with Crippen molar-refractivity contribution in [3.8, 4) is 0 Å². The highest BCUT2D eigenvalue weighted by atomic mass is 16.6. The van der Waals surface area contributed by atoms with Crippen LogP contribution in [0.15, 0.2) is 36.5 Å². The lowest BCUT2D eigenvalue weighted by atomic mass is 10.1. The van der Waals surface area contributed by atoms with E-state index in [9.17, 15) is 14.4 Å². The number of unbranched alkanes of at least 4 members (excludes halogenated alkanes) is 25. The Balaban J connectivity index is 4.37. The first kappa shape index (κ1) is 52.6. The standard InChI is InChI=1S/C49H88O6/c1-4-7-10-13-16-19-22-23-24-25-28-30-33-36-39-42-48(51)54-45-46(55-49(52)43-40-37-34-31-27-21-18-15-12-9-6-3)44-53-47(50)41-38-35-32-29-26-20-17-14-11-8-5-2/h7,10,16,19,23-24,46H,4-6,8-9,11-15,17-18,20-22,25-45H2,1-3H3/b10-7-,19-16-,24-23-/t46-/m1/s1. The van der Waals surface area contributed by atoms with Crippen LogP contribution in [-0.4, -0.2) is 37.2 Å². The molecule has 0 spiro atoms. The highest BCUT2D eigenvalue weighted by Gasteiger charge is 2.19. The van der Waals surface area contributed by atoms with Crippen molar-refractivity contribution in [1.82, 2.24) is 0 Å². The number of carbonyl (C=O) groups excluding carboxylic acids is 3. The van der Waals surface area contributed by atoms with Crippen molar-refractivity contribution < 1.29 is 28.6 Å². The summed E-state index contributed by atoms with van der Waals surface area (Å²) in [7, 11) is 0. The van der Waals surface area contributed by atoms with E-state index in [2.05, 4.69) is 57.2 Å². The molecule has 0 bridgehead atoms. The highest BCUT2D eigenvalue weighted by molar-refractivity contribution is 5.71. The van der Waals surface area contributed by atoms with Gasteiger partial charge in [-0.3, -0.25) is 14.4 Å². The van der Waals surface area contributed by atoms with Gasteiger partial charge in [0.15, 0.2) is 6.10 Å². The third-order valence-electron chi connectivity index (χ3n) is 10.2. The van der Waals surface area contributed by atoms with E-state index < -0.39 is 6.10 Å². The van der Waals surface area contributed by atoms with Crippen LogP contribution in [-0.2, 0) is 28.6 Å². The summed E-state index contributed by atoms with van der Waals surface area (Å²) in [5.74, 6) is -0.888. The van der Waals surface area contributed by atoms with E-state index >= 15 is 0 Å². The first-order valence-corrected chi connectivity index (χ1v) is 23.5. The molecule has 320 valence electrons. The van der Waals surface area contributed by atoms with Crippen molar-refractivity contribution >= 4 is 17.9 Å². The predicted molar refractivity (Wildman–Crippen MR) is 233 cm³/mol. The smallest absolute Gasteiger partial charge is 0.306 e. The molecule has 0 saturated carbocycles. The Labute approximate surface area is 340 Å². The SMILES string of the molecule is CC/C=C\C/C=C\C/C=C\CCCCCCCC(=O)OC[C@@H](COC(=O)CCCCCCCCCCCCC)OC(=O)CCCCCCCCCCCCC. The highest BCUT2D eigenvalue weighted by Crippen LogP contribution is 2.15. The molecule has 0 aliphatic carbocycles. The van der Waals surface area contributed by atoms with Crippen molar-refractivity contribution in [3.63, 3.8) is 0 Å². The summed E-state index contributed by atoms with van der Waals surface area (Å²) in [6.45, 7) is 6.50. The summed E-state index contributed by atoms with van der Waals surface area (Å²) in [5.41, 5.74) is 0. The minimum atomic E-state index is -0.771. The third-order valence-corrected chi connectivity index (χ3v) is 10.2. The van der Waals surface area contributed by atoms with Gasteiger partial charge >= 0.3 is 17.9 Å². The number of ether oxygens (including phenoxy) is 3. The van der Waals surface area contributed by atoms with Crippen LogP contribution in [0.5, 0.6) is 0 Å². The fourth-order valence-electron chi connectivity index (χ4n) is 6.63. The Morgan fingerprint density at radius 2 is 0.709 bits per heavy atom. The van der Waals surface area contributed by atoms with E-state index in [1.54, 1.807) is 0 Å². The first-order chi connectivity index (χ1) is 27.0. The molecule has 0 aromatic heterocycles. The van der Waals surface area contributed by atoms with Crippen molar-refractivity contribution in [1.29, 1.82) is 0 Å². The zero-order chi connectivity index (χ0) is 40.1. The summed E-state index contributed by atoms with van der Waals surface area (Å²) in [6, 6.07) is 0. The van der Waals surface area contributed by atoms with Gasteiger partial charge in [0.2, 0.25) is 0 Å². The second-order valence-electron chi connectivity index (χ2n) is 15.6. The van der Waals surface area contributed by atoms with Crippen LogP contribution in [0.4, 0.5) is 0 Å². The van der Waals surface area contributed by atoms with E-state index in [0.29, 0.717) is 19.3 Å². The molecule has 0 unspecified atom stereocenters. The van der Waals surface area contributed by atoms with Gasteiger partial charge in [0, 0.05) is 19.3 Å². The van der Waals surface area contributed by atoms with Crippen LogP contribution < -0.4 is 0 Å². The molecule has 0 heterocycles. The van der Waals surface area contributed by atoms with Gasteiger partial charge in [-0.15, -0.1) is 0 Å². The van der Waals surface area contributed by atoms with E-state index in [4.69, 9.17) is 14.2 Å². The number of hydrogen-bond acceptors (Lipinski definition) is 6. The maximum Gasteiger partial charge on any atom is 0.306 e. The van der Waals surface area contributed by atoms with E-state index in [1.807, 2.05) is 0 Å². The molecular weight excluding hydrogens is 685 g/mol. The molecule has 0 aliphatic heterocycles. The molecule has 0 N–H and O–H groups in total. The van der Waals surface area contributed by atoms with Gasteiger partial charge in [-0.25, -0.2) is 0 Å². The molecule has 0 radical (unpaired) electrons. The van der Waals surface area contributed by atoms with Crippen LogP contribution in [0, 0.1) is 0 Å². The molecule has 1 atom stereocenters. The Morgan fingerprint density at radius 1 is 0.382 bits per heavy atom. The summed E-state index contributed by atoms with van der Waals surface area (Å²) >= 11 is 0. The lowest BCUT2D eigenvalue weighted by molar-refractivity contribution is -0.167. The summed E-state index contributed by atoms with van der Waals surface area (Å²) in [6.07, 6.45) is 49.8. The Morgan fingerprint density at radius 3 is 1.11 bits per heavy atom. The van der Waals surface area contributed by atoms with Gasteiger partial charge in [-0.05, 0) is 51.4 Å². The number of allylic oxidation sites excluding steroid dienone is 6. The largest absolute Gasteiger partial charge is 0.462 e. The summed E-state index contributed by atoms with van der Waals surface area (Å²) in [5, 5.41) is 0. The van der Waals surface area contributed by atoms with E-state index in [1.165, 1.54) is 103 Å². The van der Waals surface area contributed by atoms with Crippen LogP contribution in [0.3, 0.4) is 0 Å². The average molecular weight is 773 g/mol. The maximum atomic E-state index is 12.7. The van der Waals surface area contributed by atoms with Gasteiger partial charge in [0.25, 0.3) is 0 Å². The second kappa shape index (κ2) is 44.3. The molecule has 55 heavy (non-hydrogen) atoms. The van der Waals surface area contributed by atoms with Crippen molar-refractivity contribution in [2.45, 2.75) is 245 Å². The zero-order valence-corrected chi connectivity index (χ0v) is 36.4. The third kappa shape index (κ3) is 42.6. The van der Waals surface area contributed by atoms with Gasteiger partial charge in [-0.2, -0.15) is 0 Å². The van der Waals surface area contributed by atoms with Crippen LogP contribution in [0.25, 0.3) is 0 Å². The summed E-state index contributed by atoms with van der Waals surface area (Å²) < 4.78 is 16.7. The fraction of sp³-hybridized carbons (Fsp3) is 0.816. The molecule has 0 rings (SSSR count). The number of rotatable bonds is 42. The quantitative estimate of drug-likeness (QED) is 0.0266. The fourth-order valence-corrected chi connectivity index (χ4v) is 6.63. The monoisotopic (exact) mass is 773 g/mol. The minimum Gasteiger partial charge on any atom is -0.462 e. The minimum absolute atomic E-state index is 0.0742. The van der Waals surface area contributed by atoms with Crippen LogP contribution in [0.1, 0.15) is 239 Å². The number of carbonyl (C=O) groups is 3. The Kier molecular flexibility index (Phi) is 42.4. The predicted octanol–water partition coefficient (Wildman–Crippen LogP) is 15.0. The zero-order valence-electron chi connectivity index (χ0n) is 36.4. The van der Waals surface area contributed by atoms with Gasteiger partial charge < -0.3 is 14.2 Å². The molecule has 0 fully saturated rings. The van der Waals surface area contributed by atoms with Crippen molar-refractivity contribution in [2.75, 3.05) is 13.2 Å². The Bertz CT molecular complexity index is 938. The van der Waals surface area contributed by atoms with E-state index in [-0.39, 0.29) is 31.1 Å². The van der Waals surface area contributed by atoms with Crippen molar-refractivity contribution in [3.05, 3.63) is 36.5 Å². The first-order valence-electron chi connectivity index (χ1n) is 23.5. The normalized spacial score (nSPS) is 12.3. The van der Waals surface area contributed by atoms with Crippen LogP contribution in [0.2, 0.25) is 0 Å². The van der Waals surface area contributed by atoms with Gasteiger partial charge in [-0.1, -0.05) is 205 Å². The topological polar surface area (TPSA) is 78.9 Å². The molecular formula is C49H88O6. The lowest BCUT2D eigenvalue weighted by Crippen LogP contribution is -2.30. The second-order valence-corrected chi connectivity index (χ2v) is 15.6. The molecule has 6 heteroatoms. The molecule has 0 aliphatic rings. The maximum absolute atomic E-state index is 12.7. The van der Waals surface area contributed by atoms with Gasteiger partial charge in [0.05, 0.1) is 0 Å². The summed E-state index contributed by atoms with van der Waals surface area (Å²) in [4.78, 5) is 37.7. The number of hydrogen-bond donors (Lipinski definition) is 0. The van der Waals surface area contributed by atoms with Crippen LogP contribution >= 0.6 is 0 Å². The molecule has 0 aromatic rings. The van der Waals surface area contributed by atoms with Crippen molar-refractivity contribution in [2.24, 2.45) is 0 Å². The molecule has 6 nitrogen and oxygen atoms in total. The molecule has 0 saturated heterocycles. The average Bonchev–Trinajstić information content (AvgIpc) is 3.18. The Hall–Kier alpha value is -2.37. The number of esters is 3. The molecule has 0 amide bonds. The van der Waals surface area contributed by atoms with E-state index in [0.717, 1.165) is 96.3 Å². The lowest BCUT2D eigenvalue weighted by Gasteiger charge is -2.18. The molecule has 0 aromatic carbocycles. The van der Waals surface area contributed by atoms with Gasteiger partial charge in [0.1, 0.15) is 13.2 Å².